The number of nitrogens with zero attached hydrogens (tertiary/aromatic N) is 2. The number of carbonyl (C=O) groups excluding carboxylic acids is 1. The molecule has 1 heterocycles. The topological polar surface area (TPSA) is 32.8 Å². The molecule has 1 saturated heterocycles. The lowest BCUT2D eigenvalue weighted by atomic mass is 10.0. The van der Waals surface area contributed by atoms with Gasteiger partial charge >= 0.3 is 0 Å². The molecule has 2 aromatic rings. The Bertz CT molecular complexity index is 832. The summed E-state index contributed by atoms with van der Waals surface area (Å²) < 4.78 is 19.4. The maximum absolute atomic E-state index is 14.2. The smallest absolute Gasteiger partial charge is 0.246 e. The van der Waals surface area contributed by atoms with E-state index in [2.05, 4.69) is 4.90 Å². The summed E-state index contributed by atoms with van der Waals surface area (Å²) in [6, 6.07) is 14.3. The first-order valence-corrected chi connectivity index (χ1v) is 9.06. The van der Waals surface area contributed by atoms with Gasteiger partial charge in [-0.05, 0) is 43.3 Å². The number of carbonyl (C=O) groups is 1. The molecule has 0 N–H and O–H groups in total. The zero-order valence-corrected chi connectivity index (χ0v) is 16.0. The van der Waals surface area contributed by atoms with Crippen molar-refractivity contribution in [2.24, 2.45) is 0 Å². The van der Waals surface area contributed by atoms with E-state index >= 15 is 0 Å². The van der Waals surface area contributed by atoms with Gasteiger partial charge in [-0.3, -0.25) is 9.69 Å². The molecule has 1 unspecified atom stereocenters. The molecule has 0 aliphatic carbocycles. The molecule has 0 aromatic heterocycles. The number of likely N-dealkylation sites (N-methyl/N-ethyl adjacent to an activating group) is 1. The van der Waals surface area contributed by atoms with Gasteiger partial charge in [0.2, 0.25) is 5.91 Å². The minimum absolute atomic E-state index is 0.0437. The van der Waals surface area contributed by atoms with E-state index in [9.17, 15) is 9.18 Å². The second-order valence-electron chi connectivity index (χ2n) is 6.86. The van der Waals surface area contributed by atoms with Crippen LogP contribution in [0.2, 0.25) is 0 Å². The molecule has 0 radical (unpaired) electrons. The molecule has 27 heavy (non-hydrogen) atoms. The SMILES string of the molecule is COc1ccc(/C(C)=C/C(=O)N2CCN(C)C(c3ccccc3F)C2)cc1. The number of amides is 1. The van der Waals surface area contributed by atoms with Gasteiger partial charge in [0.1, 0.15) is 11.6 Å². The highest BCUT2D eigenvalue weighted by Gasteiger charge is 2.29. The van der Waals surface area contributed by atoms with Crippen LogP contribution in [0.3, 0.4) is 0 Å². The van der Waals surface area contributed by atoms with Crippen LogP contribution in [0.5, 0.6) is 5.75 Å². The highest BCUT2D eigenvalue weighted by molar-refractivity contribution is 5.95. The summed E-state index contributed by atoms with van der Waals surface area (Å²) in [5.74, 6) is 0.510. The van der Waals surface area contributed by atoms with Crippen molar-refractivity contribution in [3.8, 4) is 5.75 Å². The second kappa shape index (κ2) is 8.35. The van der Waals surface area contributed by atoms with Gasteiger partial charge in [-0.1, -0.05) is 30.3 Å². The van der Waals surface area contributed by atoms with Gasteiger partial charge in [0.05, 0.1) is 13.2 Å². The van der Waals surface area contributed by atoms with Gasteiger partial charge in [0.15, 0.2) is 0 Å². The Morgan fingerprint density at radius 3 is 2.52 bits per heavy atom. The Kier molecular flexibility index (Phi) is 5.91. The third-order valence-electron chi connectivity index (χ3n) is 5.11. The second-order valence-corrected chi connectivity index (χ2v) is 6.86. The van der Waals surface area contributed by atoms with Gasteiger partial charge in [-0.15, -0.1) is 0 Å². The van der Waals surface area contributed by atoms with Crippen LogP contribution < -0.4 is 4.74 Å². The molecular weight excluding hydrogens is 343 g/mol. The fourth-order valence-corrected chi connectivity index (χ4v) is 3.37. The number of methoxy groups -OCH3 is 1. The van der Waals surface area contributed by atoms with E-state index in [4.69, 9.17) is 4.74 Å². The van der Waals surface area contributed by atoms with Crippen LogP contribution in [0.1, 0.15) is 24.1 Å². The van der Waals surface area contributed by atoms with Crippen LogP contribution in [0.25, 0.3) is 5.57 Å². The van der Waals surface area contributed by atoms with E-state index in [0.29, 0.717) is 25.2 Å². The summed E-state index contributed by atoms with van der Waals surface area (Å²) in [5.41, 5.74) is 2.50. The predicted molar refractivity (Wildman–Crippen MR) is 105 cm³/mol. The minimum atomic E-state index is -0.228. The number of halogens is 1. The van der Waals surface area contributed by atoms with Gasteiger partial charge < -0.3 is 9.64 Å². The van der Waals surface area contributed by atoms with E-state index in [0.717, 1.165) is 16.9 Å². The molecule has 5 heteroatoms. The zero-order valence-electron chi connectivity index (χ0n) is 16.0. The maximum atomic E-state index is 14.2. The molecule has 1 fully saturated rings. The molecule has 1 atom stereocenters. The lowest BCUT2D eigenvalue weighted by Crippen LogP contribution is -2.48. The van der Waals surface area contributed by atoms with Gasteiger partial charge in [0.25, 0.3) is 0 Å². The van der Waals surface area contributed by atoms with Crippen LogP contribution in [0.4, 0.5) is 4.39 Å². The van der Waals surface area contributed by atoms with Crippen molar-refractivity contribution < 1.29 is 13.9 Å². The average molecular weight is 368 g/mol. The van der Waals surface area contributed by atoms with Crippen molar-refractivity contribution in [3.05, 3.63) is 71.6 Å². The highest BCUT2D eigenvalue weighted by atomic mass is 19.1. The molecular formula is C22H25FN2O2. The van der Waals surface area contributed by atoms with Crippen molar-refractivity contribution in [2.75, 3.05) is 33.8 Å². The largest absolute Gasteiger partial charge is 0.497 e. The number of ether oxygens (including phenoxy) is 1. The van der Waals surface area contributed by atoms with E-state index < -0.39 is 0 Å². The average Bonchev–Trinajstić information content (AvgIpc) is 2.69. The first kappa shape index (κ1) is 19.1. The Morgan fingerprint density at radius 1 is 1.15 bits per heavy atom. The van der Waals surface area contributed by atoms with Crippen molar-refractivity contribution >= 4 is 11.5 Å². The van der Waals surface area contributed by atoms with Crippen molar-refractivity contribution in [3.63, 3.8) is 0 Å². The fraction of sp³-hybridized carbons (Fsp3) is 0.318. The standard InChI is InChI=1S/C22H25FN2O2/c1-16(17-8-10-18(27-3)11-9-17)14-22(26)25-13-12-24(2)21(15-25)19-6-4-5-7-20(19)23/h4-11,14,21H,12-13,15H2,1-3H3/b16-14+. The van der Waals surface area contributed by atoms with Crippen LogP contribution in [-0.4, -0.2) is 49.5 Å². The van der Waals surface area contributed by atoms with Crippen molar-refractivity contribution in [1.82, 2.24) is 9.80 Å². The maximum Gasteiger partial charge on any atom is 0.246 e. The van der Waals surface area contributed by atoms with E-state index in [-0.39, 0.29) is 17.8 Å². The van der Waals surface area contributed by atoms with Gasteiger partial charge in [-0.25, -0.2) is 4.39 Å². The molecule has 4 nitrogen and oxygen atoms in total. The van der Waals surface area contributed by atoms with E-state index in [1.165, 1.54) is 6.07 Å². The number of benzene rings is 2. The quantitative estimate of drug-likeness (QED) is 0.771. The predicted octanol–water partition coefficient (Wildman–Crippen LogP) is 3.75. The lowest BCUT2D eigenvalue weighted by Gasteiger charge is -2.39. The molecule has 1 aliphatic rings. The van der Waals surface area contributed by atoms with Gasteiger partial charge in [-0.2, -0.15) is 0 Å². The Hall–Kier alpha value is -2.66. The molecule has 0 spiro atoms. The minimum Gasteiger partial charge on any atom is -0.497 e. The number of hydrogen-bond acceptors (Lipinski definition) is 3. The number of rotatable bonds is 4. The number of hydrogen-bond donors (Lipinski definition) is 0. The molecule has 1 amide bonds. The summed E-state index contributed by atoms with van der Waals surface area (Å²) in [7, 11) is 3.60. The monoisotopic (exact) mass is 368 g/mol. The summed E-state index contributed by atoms with van der Waals surface area (Å²) in [4.78, 5) is 16.7. The molecule has 2 aromatic carbocycles. The molecule has 0 bridgehead atoms. The Balaban J connectivity index is 1.75. The first-order valence-electron chi connectivity index (χ1n) is 9.06. The molecule has 1 aliphatic heterocycles. The molecule has 0 saturated carbocycles. The van der Waals surface area contributed by atoms with Gasteiger partial charge in [0, 0.05) is 31.3 Å². The Morgan fingerprint density at radius 2 is 1.85 bits per heavy atom. The highest BCUT2D eigenvalue weighted by Crippen LogP contribution is 2.27. The van der Waals surface area contributed by atoms with Crippen LogP contribution in [0, 0.1) is 5.82 Å². The normalized spacial score (nSPS) is 18.4. The third-order valence-corrected chi connectivity index (χ3v) is 5.11. The van der Waals surface area contributed by atoms with Crippen LogP contribution in [-0.2, 0) is 4.79 Å². The molecule has 3 rings (SSSR count). The zero-order chi connectivity index (χ0) is 19.4. The van der Waals surface area contributed by atoms with Crippen molar-refractivity contribution in [2.45, 2.75) is 13.0 Å². The fourth-order valence-electron chi connectivity index (χ4n) is 3.37. The Labute approximate surface area is 159 Å². The van der Waals surface area contributed by atoms with Crippen LogP contribution in [0.15, 0.2) is 54.6 Å². The number of allylic oxidation sites excluding steroid dienone is 1. The summed E-state index contributed by atoms with van der Waals surface area (Å²) in [6.07, 6.45) is 1.66. The lowest BCUT2D eigenvalue weighted by molar-refractivity contribution is -0.128. The summed E-state index contributed by atoms with van der Waals surface area (Å²) in [5, 5.41) is 0. The third kappa shape index (κ3) is 4.37. The van der Waals surface area contributed by atoms with E-state index in [1.807, 2.05) is 44.3 Å². The summed E-state index contributed by atoms with van der Waals surface area (Å²) >= 11 is 0. The van der Waals surface area contributed by atoms with Crippen molar-refractivity contribution in [1.29, 1.82) is 0 Å². The van der Waals surface area contributed by atoms with E-state index in [1.54, 1.807) is 30.2 Å². The molecule has 142 valence electrons. The summed E-state index contributed by atoms with van der Waals surface area (Å²) in [6.45, 7) is 3.74. The van der Waals surface area contributed by atoms with Crippen LogP contribution >= 0.6 is 0 Å². The first-order chi connectivity index (χ1) is 13.0. The number of piperazine rings is 1.